The van der Waals surface area contributed by atoms with Gasteiger partial charge in [0.25, 0.3) is 10.1 Å². The van der Waals surface area contributed by atoms with Crippen LogP contribution in [0.4, 0.5) is 0 Å². The molecule has 0 radical (unpaired) electrons. The van der Waals surface area contributed by atoms with Crippen molar-refractivity contribution in [2.75, 3.05) is 26.4 Å². The molecule has 0 spiro atoms. The number of ether oxygens (including phenoxy) is 3. The van der Waals surface area contributed by atoms with E-state index in [1.165, 1.54) is 24.3 Å². The minimum Gasteiger partial charge on any atom is -0.490 e. The molecule has 0 aliphatic rings. The summed E-state index contributed by atoms with van der Waals surface area (Å²) in [7, 11) is -4.68. The highest BCUT2D eigenvalue weighted by Crippen LogP contribution is 2.16. The summed E-state index contributed by atoms with van der Waals surface area (Å²) in [6.45, 7) is -1.36. The van der Waals surface area contributed by atoms with E-state index in [2.05, 4.69) is 0 Å². The number of rotatable bonds is 9. The van der Waals surface area contributed by atoms with E-state index in [9.17, 15) is 38.8 Å². The molecule has 13 heteroatoms. The first kappa shape index (κ1) is 27.3. The Morgan fingerprint density at radius 3 is 1.81 bits per heavy atom. The molecule has 12 nitrogen and oxygen atoms in total. The van der Waals surface area contributed by atoms with E-state index in [1.807, 2.05) is 0 Å². The van der Waals surface area contributed by atoms with Gasteiger partial charge in [-0.2, -0.15) is 29.5 Å². The lowest BCUT2D eigenvalue weighted by Gasteiger charge is -2.12. The second-order valence-electron chi connectivity index (χ2n) is 6.57. The molecule has 0 heterocycles. The number of aliphatic hydroxyl groups is 1. The van der Waals surface area contributed by atoms with Crippen molar-refractivity contribution in [2.24, 2.45) is 0 Å². The van der Waals surface area contributed by atoms with Crippen molar-refractivity contribution in [3.05, 3.63) is 52.4 Å². The number of esters is 1. The van der Waals surface area contributed by atoms with Crippen molar-refractivity contribution in [3.63, 3.8) is 0 Å². The summed E-state index contributed by atoms with van der Waals surface area (Å²) in [5.41, 5.74) is -1.16. The highest BCUT2D eigenvalue weighted by molar-refractivity contribution is 7.86. The summed E-state index contributed by atoms with van der Waals surface area (Å²) >= 11 is 0. The molecule has 0 aromatic heterocycles. The summed E-state index contributed by atoms with van der Waals surface area (Å²) in [6, 6.07) is 14.0. The predicted octanol–water partition coefficient (Wildman–Crippen LogP) is -0.0641. The van der Waals surface area contributed by atoms with Crippen molar-refractivity contribution >= 4 is 27.2 Å². The molecule has 0 atom stereocenters. The maximum atomic E-state index is 12.3. The van der Waals surface area contributed by atoms with Crippen molar-refractivity contribution < 1.29 is 37.1 Å². The Labute approximate surface area is 205 Å². The van der Waals surface area contributed by atoms with Gasteiger partial charge in [-0.25, -0.2) is 4.79 Å². The van der Waals surface area contributed by atoms with E-state index >= 15 is 0 Å². The average Bonchev–Trinajstić information content (AvgIpc) is 2.87. The van der Waals surface area contributed by atoms with E-state index in [0.717, 1.165) is 12.1 Å². The molecule has 0 unspecified atom stereocenters. The molecule has 0 saturated carbocycles. The highest BCUT2D eigenvalue weighted by Gasteiger charge is 2.21. The van der Waals surface area contributed by atoms with E-state index in [0.29, 0.717) is 0 Å². The zero-order valence-corrected chi connectivity index (χ0v) is 19.2. The third-order valence-electron chi connectivity index (χ3n) is 4.38. The van der Waals surface area contributed by atoms with Gasteiger partial charge in [0.05, 0.1) is 12.2 Å². The van der Waals surface area contributed by atoms with Gasteiger partial charge in [0.15, 0.2) is 0 Å². The summed E-state index contributed by atoms with van der Waals surface area (Å²) < 4.78 is 48.1. The van der Waals surface area contributed by atoms with Gasteiger partial charge in [-0.15, -0.1) is 0 Å². The van der Waals surface area contributed by atoms with Gasteiger partial charge in [0.2, 0.25) is 0 Å². The number of nitriles is 4. The van der Waals surface area contributed by atoms with Crippen LogP contribution in [0.3, 0.4) is 0 Å². The molecule has 0 fully saturated rings. The Hall–Kier alpha value is -4.92. The largest absolute Gasteiger partial charge is 0.490 e. The fraction of sp³-hybridized carbons (Fsp3) is 0.174. The first-order chi connectivity index (χ1) is 17.2. The van der Waals surface area contributed by atoms with E-state index in [1.54, 1.807) is 24.3 Å². The van der Waals surface area contributed by atoms with Crippen LogP contribution in [0.15, 0.2) is 41.3 Å². The highest BCUT2D eigenvalue weighted by atomic mass is 32.2. The molecule has 0 amide bonds. The molecule has 0 saturated heterocycles. The van der Waals surface area contributed by atoms with Crippen LogP contribution in [-0.2, 0) is 14.9 Å². The van der Waals surface area contributed by atoms with E-state index in [4.69, 9.17) is 19.3 Å². The quantitative estimate of drug-likeness (QED) is 0.259. The van der Waals surface area contributed by atoms with Crippen LogP contribution < -0.4 is 19.9 Å². The summed E-state index contributed by atoms with van der Waals surface area (Å²) in [4.78, 5) is 11.7. The van der Waals surface area contributed by atoms with Crippen LogP contribution in [0.25, 0.3) is 11.1 Å². The smallest absolute Gasteiger partial charge is 0.339 e. The molecule has 2 rings (SSSR count). The van der Waals surface area contributed by atoms with Crippen LogP contribution >= 0.6 is 0 Å². The second-order valence-corrected chi connectivity index (χ2v) is 7.96. The van der Waals surface area contributed by atoms with Crippen molar-refractivity contribution in [1.29, 1.82) is 21.0 Å². The maximum Gasteiger partial charge on any atom is 0.339 e. The lowest BCUT2D eigenvalue weighted by Crippen LogP contribution is -2.22. The number of carbonyl (C=O) groups excluding carboxylic acids is 1. The van der Waals surface area contributed by atoms with E-state index < -0.39 is 33.2 Å². The molecule has 182 valence electrons. The number of hydrogen-bond donors (Lipinski definition) is 2. The monoisotopic (exact) mass is 508 g/mol. The Balaban J connectivity index is 2.41. The van der Waals surface area contributed by atoms with Crippen molar-refractivity contribution in [2.45, 2.75) is 4.90 Å². The minimum atomic E-state index is -4.68. The Morgan fingerprint density at radius 1 is 0.833 bits per heavy atom. The fourth-order valence-corrected chi connectivity index (χ4v) is 3.54. The fourth-order valence-electron chi connectivity index (χ4n) is 2.86. The number of benzene rings is 2. The van der Waals surface area contributed by atoms with Gasteiger partial charge < -0.3 is 19.3 Å². The van der Waals surface area contributed by atoms with Crippen LogP contribution in [-0.4, -0.2) is 50.5 Å². The zero-order valence-electron chi connectivity index (χ0n) is 18.3. The molecule has 2 aromatic carbocycles. The average molecular weight is 508 g/mol. The molecule has 2 aromatic rings. The van der Waals surface area contributed by atoms with Gasteiger partial charge in [-0.1, -0.05) is 12.1 Å². The van der Waals surface area contributed by atoms with Crippen LogP contribution in [0.5, 0.6) is 11.5 Å². The first-order valence-corrected chi connectivity index (χ1v) is 11.3. The Bertz CT molecular complexity index is 1540. The Kier molecular flexibility index (Phi) is 9.50. The molecule has 2 N–H and O–H groups in total. The molecular formula is C23H16N4O8S. The maximum absolute atomic E-state index is 12.3. The van der Waals surface area contributed by atoms with Crippen LogP contribution in [0, 0.1) is 45.3 Å². The van der Waals surface area contributed by atoms with Gasteiger partial charge in [-0.05, 0) is 24.3 Å². The molecule has 0 aliphatic heterocycles. The SMILES string of the molecule is N#CC(C#N)=c1cc(OCCOC(=O)c2ccccc2S(=O)(=O)O)c(=C(C#N)C#N)cc1OCCO. The standard InChI is InChI=1S/C23H16N4O8S/c24-11-15(12-25)18-10-21(19(16(13-26)14-27)9-20(18)33-6-5-28)34-7-8-35-23(29)17-3-1-2-4-22(17)36(30,31)32/h1-4,9-10,28H,5-8H2,(H,30,31,32). The summed E-state index contributed by atoms with van der Waals surface area (Å²) in [5, 5.41) is 46.1. The van der Waals surface area contributed by atoms with Gasteiger partial charge in [0, 0.05) is 10.4 Å². The number of hydrogen-bond acceptors (Lipinski definition) is 11. The van der Waals surface area contributed by atoms with Crippen molar-refractivity contribution in [1.82, 2.24) is 0 Å². The van der Waals surface area contributed by atoms with Crippen molar-refractivity contribution in [3.8, 4) is 35.8 Å². The normalized spacial score (nSPS) is 10.1. The molecule has 0 bridgehead atoms. The Morgan fingerprint density at radius 2 is 1.33 bits per heavy atom. The first-order valence-electron chi connectivity index (χ1n) is 9.85. The lowest BCUT2D eigenvalue weighted by molar-refractivity contribution is 0.0445. The van der Waals surface area contributed by atoms with Gasteiger partial charge in [-0.3, -0.25) is 4.55 Å². The third kappa shape index (κ3) is 6.57. The molecular weight excluding hydrogens is 492 g/mol. The zero-order chi connectivity index (χ0) is 26.7. The van der Waals surface area contributed by atoms with Gasteiger partial charge in [0.1, 0.15) is 71.6 Å². The predicted molar refractivity (Wildman–Crippen MR) is 120 cm³/mol. The number of nitrogens with zero attached hydrogens (tertiary/aromatic N) is 4. The van der Waals surface area contributed by atoms with E-state index in [-0.39, 0.29) is 52.9 Å². The molecule has 0 aliphatic carbocycles. The minimum absolute atomic E-state index is 0.0264. The number of aliphatic hydroxyl groups excluding tert-OH is 1. The summed E-state index contributed by atoms with van der Waals surface area (Å²) in [6.07, 6.45) is 0. The lowest BCUT2D eigenvalue weighted by atomic mass is 10.1. The second kappa shape index (κ2) is 12.5. The number of carbonyl (C=O) groups is 1. The van der Waals surface area contributed by atoms with Gasteiger partial charge >= 0.3 is 5.97 Å². The third-order valence-corrected chi connectivity index (χ3v) is 5.29. The molecule has 36 heavy (non-hydrogen) atoms. The topological polar surface area (TPSA) is 215 Å². The van der Waals surface area contributed by atoms with Crippen LogP contribution in [0.1, 0.15) is 10.4 Å². The van der Waals surface area contributed by atoms with Crippen LogP contribution in [0.2, 0.25) is 0 Å². The summed E-state index contributed by atoms with van der Waals surface area (Å²) in [5.74, 6) is -1.23.